The molecule has 4 rings (SSSR count). The zero-order valence-electron chi connectivity index (χ0n) is 15.9. The minimum Gasteiger partial charge on any atom is -0.317 e. The van der Waals surface area contributed by atoms with Crippen LogP contribution < -0.4 is 10.3 Å². The van der Waals surface area contributed by atoms with Gasteiger partial charge in [0.25, 0.3) is 5.56 Å². The molecule has 0 spiro atoms. The molecule has 0 amide bonds. The van der Waals surface area contributed by atoms with E-state index in [1.807, 2.05) is 54.6 Å². The van der Waals surface area contributed by atoms with E-state index >= 15 is 0 Å². The molecule has 6 heteroatoms. The molecular weight excluding hydrogens is 384 g/mol. The Morgan fingerprint density at radius 1 is 0.862 bits per heavy atom. The average molecular weight is 404 g/mol. The van der Waals surface area contributed by atoms with Crippen molar-refractivity contribution >= 4 is 20.8 Å². The van der Waals surface area contributed by atoms with Crippen LogP contribution in [-0.4, -0.2) is 13.0 Å². The third kappa shape index (κ3) is 3.85. The third-order valence-electron chi connectivity index (χ3n) is 4.86. The monoisotopic (exact) mass is 404 g/mol. The second-order valence-corrected chi connectivity index (χ2v) is 8.61. The number of pyridine rings is 1. The Morgan fingerprint density at radius 3 is 2.31 bits per heavy atom. The second-order valence-electron chi connectivity index (χ2n) is 6.84. The van der Waals surface area contributed by atoms with Crippen molar-refractivity contribution in [2.75, 3.05) is 0 Å². The number of aromatic nitrogens is 1. The zero-order chi connectivity index (χ0) is 20.4. The van der Waals surface area contributed by atoms with Crippen LogP contribution in [0.15, 0.2) is 94.7 Å². The number of nitrogens with one attached hydrogen (secondary N) is 1. The molecule has 0 aliphatic carbocycles. The summed E-state index contributed by atoms with van der Waals surface area (Å²) in [6, 6.07) is 23.5. The van der Waals surface area contributed by atoms with Crippen LogP contribution in [-0.2, 0) is 23.6 Å². The van der Waals surface area contributed by atoms with Crippen molar-refractivity contribution in [2.24, 2.45) is 7.05 Å². The number of aryl methyl sites for hydroxylation is 1. The Hall–Kier alpha value is -3.22. The highest BCUT2D eigenvalue weighted by molar-refractivity contribution is 7.89. The lowest BCUT2D eigenvalue weighted by Gasteiger charge is -2.12. The fourth-order valence-corrected chi connectivity index (χ4v) is 4.40. The van der Waals surface area contributed by atoms with Crippen molar-refractivity contribution in [3.8, 4) is 11.1 Å². The molecule has 0 fully saturated rings. The zero-order valence-corrected chi connectivity index (χ0v) is 16.7. The van der Waals surface area contributed by atoms with E-state index in [4.69, 9.17) is 0 Å². The predicted molar refractivity (Wildman–Crippen MR) is 115 cm³/mol. The van der Waals surface area contributed by atoms with Gasteiger partial charge in [-0.2, -0.15) is 0 Å². The molecule has 0 atom stereocenters. The molecular formula is C23H20N2O3S. The summed E-state index contributed by atoms with van der Waals surface area (Å²) in [5.41, 5.74) is 2.34. The summed E-state index contributed by atoms with van der Waals surface area (Å²) < 4.78 is 29.8. The van der Waals surface area contributed by atoms with E-state index in [-0.39, 0.29) is 17.0 Å². The van der Waals surface area contributed by atoms with Gasteiger partial charge in [0.1, 0.15) is 0 Å². The summed E-state index contributed by atoms with van der Waals surface area (Å²) >= 11 is 0. The van der Waals surface area contributed by atoms with Crippen molar-refractivity contribution < 1.29 is 8.42 Å². The molecule has 146 valence electrons. The number of nitrogens with zero attached hydrogens (tertiary/aromatic N) is 1. The molecule has 0 bridgehead atoms. The molecule has 0 aliphatic heterocycles. The fourth-order valence-electron chi connectivity index (χ4n) is 3.33. The van der Waals surface area contributed by atoms with Gasteiger partial charge in [0.2, 0.25) is 10.0 Å². The first-order valence-corrected chi connectivity index (χ1v) is 10.7. The highest BCUT2D eigenvalue weighted by Crippen LogP contribution is 2.28. The molecule has 1 N–H and O–H groups in total. The van der Waals surface area contributed by atoms with Gasteiger partial charge < -0.3 is 4.57 Å². The van der Waals surface area contributed by atoms with Gasteiger partial charge in [-0.3, -0.25) is 4.79 Å². The lowest BCUT2D eigenvalue weighted by molar-refractivity contribution is 0.581. The SMILES string of the molecule is Cn1cc(-c2cccc(S(=O)(=O)NCc3ccccc3)c2)c2ccccc2c1=O. The van der Waals surface area contributed by atoms with Crippen LogP contribution in [0.2, 0.25) is 0 Å². The highest BCUT2D eigenvalue weighted by atomic mass is 32.2. The number of hydrogen-bond acceptors (Lipinski definition) is 3. The van der Waals surface area contributed by atoms with Crippen molar-refractivity contribution in [3.05, 3.63) is 101 Å². The molecule has 29 heavy (non-hydrogen) atoms. The Balaban J connectivity index is 1.74. The molecule has 5 nitrogen and oxygen atoms in total. The van der Waals surface area contributed by atoms with Crippen LogP contribution in [0, 0.1) is 0 Å². The van der Waals surface area contributed by atoms with E-state index in [9.17, 15) is 13.2 Å². The summed E-state index contributed by atoms with van der Waals surface area (Å²) in [5, 5.41) is 1.39. The van der Waals surface area contributed by atoms with Gasteiger partial charge in [-0.1, -0.05) is 60.7 Å². The molecule has 0 radical (unpaired) electrons. The first-order valence-electron chi connectivity index (χ1n) is 9.18. The van der Waals surface area contributed by atoms with Crippen molar-refractivity contribution in [2.45, 2.75) is 11.4 Å². The van der Waals surface area contributed by atoms with Crippen molar-refractivity contribution in [3.63, 3.8) is 0 Å². The van der Waals surface area contributed by atoms with Crippen molar-refractivity contribution in [1.29, 1.82) is 0 Å². The van der Waals surface area contributed by atoms with E-state index in [1.54, 1.807) is 37.5 Å². The fraction of sp³-hybridized carbons (Fsp3) is 0.0870. The topological polar surface area (TPSA) is 68.2 Å². The van der Waals surface area contributed by atoms with E-state index in [2.05, 4.69) is 4.72 Å². The van der Waals surface area contributed by atoms with Gasteiger partial charge in [-0.15, -0.1) is 0 Å². The first kappa shape index (κ1) is 19.1. The summed E-state index contributed by atoms with van der Waals surface area (Å²) in [5.74, 6) is 0. The molecule has 1 heterocycles. The second kappa shape index (κ2) is 7.66. The van der Waals surface area contributed by atoms with Gasteiger partial charge in [0.15, 0.2) is 0 Å². The molecule has 0 aliphatic rings. The van der Waals surface area contributed by atoms with Crippen molar-refractivity contribution in [1.82, 2.24) is 9.29 Å². The Morgan fingerprint density at radius 2 is 1.55 bits per heavy atom. The number of hydrogen-bond donors (Lipinski definition) is 1. The standard InChI is InChI=1S/C23H20N2O3S/c1-25-16-22(20-12-5-6-13-21(20)23(25)26)18-10-7-11-19(14-18)29(27,28)24-15-17-8-3-2-4-9-17/h2-14,16,24H,15H2,1H3. The summed E-state index contributed by atoms with van der Waals surface area (Å²) in [6.07, 6.45) is 1.74. The van der Waals surface area contributed by atoms with E-state index in [0.717, 1.165) is 22.1 Å². The molecule has 0 saturated heterocycles. The van der Waals surface area contributed by atoms with E-state index in [1.165, 1.54) is 4.57 Å². The number of rotatable bonds is 5. The van der Waals surface area contributed by atoms with Crippen LogP contribution >= 0.6 is 0 Å². The van der Waals surface area contributed by atoms with Gasteiger partial charge in [-0.05, 0) is 34.7 Å². The number of benzene rings is 3. The van der Waals surface area contributed by atoms with Gasteiger partial charge in [-0.25, -0.2) is 13.1 Å². The molecule has 0 unspecified atom stereocenters. The molecule has 0 saturated carbocycles. The minimum absolute atomic E-state index is 0.0855. The average Bonchev–Trinajstić information content (AvgIpc) is 2.76. The van der Waals surface area contributed by atoms with Crippen LogP contribution in [0.25, 0.3) is 21.9 Å². The Kier molecular flexibility index (Phi) is 5.05. The normalized spacial score (nSPS) is 11.6. The first-order chi connectivity index (χ1) is 14.0. The summed E-state index contributed by atoms with van der Waals surface area (Å²) in [4.78, 5) is 12.6. The minimum atomic E-state index is -3.68. The maximum Gasteiger partial charge on any atom is 0.258 e. The lowest BCUT2D eigenvalue weighted by Crippen LogP contribution is -2.23. The highest BCUT2D eigenvalue weighted by Gasteiger charge is 2.16. The van der Waals surface area contributed by atoms with Gasteiger partial charge in [0.05, 0.1) is 4.90 Å². The van der Waals surface area contributed by atoms with Gasteiger partial charge >= 0.3 is 0 Å². The summed E-state index contributed by atoms with van der Waals surface area (Å²) in [6.45, 7) is 0.218. The molecule has 4 aromatic rings. The predicted octanol–water partition coefficient (Wildman–Crippen LogP) is 3.68. The maximum atomic E-state index is 12.8. The smallest absolute Gasteiger partial charge is 0.258 e. The maximum absolute atomic E-state index is 12.8. The number of sulfonamides is 1. The Labute approximate surface area is 169 Å². The van der Waals surface area contributed by atoms with Crippen LogP contribution in [0.4, 0.5) is 0 Å². The Bertz CT molecular complexity index is 1340. The van der Waals surface area contributed by atoms with Crippen LogP contribution in [0.3, 0.4) is 0 Å². The number of fused-ring (bicyclic) bond motifs is 1. The quantitative estimate of drug-likeness (QED) is 0.552. The molecule has 3 aromatic carbocycles. The van der Waals surface area contributed by atoms with Gasteiger partial charge in [0, 0.05) is 30.7 Å². The largest absolute Gasteiger partial charge is 0.317 e. The van der Waals surface area contributed by atoms with Crippen LogP contribution in [0.5, 0.6) is 0 Å². The lowest BCUT2D eigenvalue weighted by atomic mass is 10.0. The molecule has 1 aromatic heterocycles. The van der Waals surface area contributed by atoms with E-state index < -0.39 is 10.0 Å². The summed E-state index contributed by atoms with van der Waals surface area (Å²) in [7, 11) is -1.98. The third-order valence-corrected chi connectivity index (χ3v) is 6.25. The van der Waals surface area contributed by atoms with E-state index in [0.29, 0.717) is 5.39 Å². The van der Waals surface area contributed by atoms with Crippen LogP contribution in [0.1, 0.15) is 5.56 Å².